The van der Waals surface area contributed by atoms with Crippen LogP contribution in [0.4, 0.5) is 0 Å². The lowest BCUT2D eigenvalue weighted by Crippen LogP contribution is -2.19. The fourth-order valence-corrected chi connectivity index (χ4v) is 2.05. The largest absolute Gasteiger partial charge is 0.494 e. The minimum absolute atomic E-state index is 0.183. The van der Waals surface area contributed by atoms with Gasteiger partial charge in [-0.05, 0) is 23.6 Å². The number of carboxylic acids is 1. The van der Waals surface area contributed by atoms with Crippen LogP contribution in [0.25, 0.3) is 10.8 Å². The Morgan fingerprint density at radius 2 is 2.06 bits per heavy atom. The predicted octanol–water partition coefficient (Wildman–Crippen LogP) is 1.52. The lowest BCUT2D eigenvalue weighted by Gasteiger charge is -2.11. The number of carbonyl (C=O) groups is 1. The Labute approximate surface area is 107 Å². The topological polar surface area (TPSA) is 79.5 Å². The Bertz CT molecular complexity index is 705. The Kier molecular flexibility index (Phi) is 3.00. The van der Waals surface area contributed by atoms with Crippen molar-refractivity contribution in [3.8, 4) is 5.88 Å². The highest BCUT2D eigenvalue weighted by molar-refractivity contribution is 6.31. The zero-order valence-electron chi connectivity index (χ0n) is 9.48. The van der Waals surface area contributed by atoms with Crippen LogP contribution in [-0.2, 0) is 18.3 Å². The van der Waals surface area contributed by atoms with E-state index in [0.717, 1.165) is 4.57 Å². The lowest BCUT2D eigenvalue weighted by atomic mass is 10.0. The number of aliphatic carboxylic acids is 1. The third kappa shape index (κ3) is 1.93. The molecule has 0 saturated carbocycles. The monoisotopic (exact) mass is 267 g/mol. The number of halogens is 1. The van der Waals surface area contributed by atoms with Gasteiger partial charge in [0.25, 0.3) is 5.56 Å². The van der Waals surface area contributed by atoms with Crippen LogP contribution in [-0.4, -0.2) is 20.7 Å². The number of aromatic nitrogens is 1. The summed E-state index contributed by atoms with van der Waals surface area (Å²) in [5, 5.41) is 19.8. The molecule has 0 spiro atoms. The van der Waals surface area contributed by atoms with E-state index in [2.05, 4.69) is 0 Å². The second kappa shape index (κ2) is 4.34. The van der Waals surface area contributed by atoms with Crippen LogP contribution in [0.3, 0.4) is 0 Å². The van der Waals surface area contributed by atoms with Crippen molar-refractivity contribution in [1.29, 1.82) is 0 Å². The molecule has 1 aromatic carbocycles. The standard InChI is InChI=1S/C12H10ClNO4/c1-14-11(17)7-3-2-6(13)4-8(7)9(12(14)18)5-10(15)16/h2-4,18H,5H2,1H3,(H,15,16). The highest BCUT2D eigenvalue weighted by atomic mass is 35.5. The van der Waals surface area contributed by atoms with Gasteiger partial charge in [0.1, 0.15) is 0 Å². The van der Waals surface area contributed by atoms with E-state index >= 15 is 0 Å². The number of pyridine rings is 1. The summed E-state index contributed by atoms with van der Waals surface area (Å²) in [5.74, 6) is -1.44. The molecule has 1 heterocycles. The second-order valence-electron chi connectivity index (χ2n) is 3.93. The summed E-state index contributed by atoms with van der Waals surface area (Å²) in [5.41, 5.74) is -0.213. The maximum atomic E-state index is 11.9. The first-order valence-electron chi connectivity index (χ1n) is 5.13. The van der Waals surface area contributed by atoms with Crippen LogP contribution in [0.5, 0.6) is 5.88 Å². The average molecular weight is 268 g/mol. The number of carboxylic acid groups (broad SMARTS) is 1. The molecule has 0 amide bonds. The van der Waals surface area contributed by atoms with Gasteiger partial charge in [-0.15, -0.1) is 0 Å². The summed E-state index contributed by atoms with van der Waals surface area (Å²) in [6.45, 7) is 0. The molecule has 1 aromatic heterocycles. The predicted molar refractivity (Wildman–Crippen MR) is 67.2 cm³/mol. The van der Waals surface area contributed by atoms with E-state index in [0.29, 0.717) is 15.8 Å². The Morgan fingerprint density at radius 1 is 1.39 bits per heavy atom. The zero-order valence-corrected chi connectivity index (χ0v) is 10.2. The molecule has 6 heteroatoms. The number of fused-ring (bicyclic) bond motifs is 1. The van der Waals surface area contributed by atoms with Crippen LogP contribution in [0.2, 0.25) is 5.02 Å². The molecular formula is C12H10ClNO4. The third-order valence-corrected chi connectivity index (χ3v) is 2.99. The maximum Gasteiger partial charge on any atom is 0.308 e. The van der Waals surface area contributed by atoms with Crippen LogP contribution in [0.1, 0.15) is 5.56 Å². The van der Waals surface area contributed by atoms with E-state index in [4.69, 9.17) is 16.7 Å². The van der Waals surface area contributed by atoms with Crippen molar-refractivity contribution in [2.24, 2.45) is 7.05 Å². The number of hydrogen-bond acceptors (Lipinski definition) is 3. The summed E-state index contributed by atoms with van der Waals surface area (Å²) < 4.78 is 1.02. The first-order valence-corrected chi connectivity index (χ1v) is 5.51. The third-order valence-electron chi connectivity index (χ3n) is 2.76. The van der Waals surface area contributed by atoms with Gasteiger partial charge in [-0.2, -0.15) is 0 Å². The van der Waals surface area contributed by atoms with E-state index in [1.54, 1.807) is 6.07 Å². The number of nitrogens with zero attached hydrogens (tertiary/aromatic N) is 1. The molecular weight excluding hydrogens is 258 g/mol. The van der Waals surface area contributed by atoms with Gasteiger partial charge in [0.05, 0.1) is 6.42 Å². The minimum Gasteiger partial charge on any atom is -0.494 e. The molecule has 0 bridgehead atoms. The first-order chi connectivity index (χ1) is 8.41. The highest BCUT2D eigenvalue weighted by Crippen LogP contribution is 2.27. The number of hydrogen-bond donors (Lipinski definition) is 2. The van der Waals surface area contributed by atoms with E-state index in [-0.39, 0.29) is 17.9 Å². The second-order valence-corrected chi connectivity index (χ2v) is 4.36. The van der Waals surface area contributed by atoms with Gasteiger partial charge in [0.2, 0.25) is 0 Å². The van der Waals surface area contributed by atoms with Crippen molar-refractivity contribution in [3.63, 3.8) is 0 Å². The molecule has 2 N–H and O–H groups in total. The number of benzene rings is 1. The molecule has 18 heavy (non-hydrogen) atoms. The van der Waals surface area contributed by atoms with E-state index < -0.39 is 11.5 Å². The van der Waals surface area contributed by atoms with Crippen molar-refractivity contribution in [3.05, 3.63) is 39.1 Å². The Morgan fingerprint density at radius 3 is 2.67 bits per heavy atom. The van der Waals surface area contributed by atoms with E-state index in [1.807, 2.05) is 0 Å². The van der Waals surface area contributed by atoms with Gasteiger partial charge in [-0.3, -0.25) is 14.2 Å². The van der Waals surface area contributed by atoms with Crippen molar-refractivity contribution in [2.45, 2.75) is 6.42 Å². The van der Waals surface area contributed by atoms with Gasteiger partial charge in [0.15, 0.2) is 5.88 Å². The number of aromatic hydroxyl groups is 1. The summed E-state index contributed by atoms with van der Waals surface area (Å²) in [7, 11) is 1.39. The normalized spacial score (nSPS) is 10.8. The van der Waals surface area contributed by atoms with Gasteiger partial charge < -0.3 is 10.2 Å². The molecule has 2 rings (SSSR count). The zero-order chi connectivity index (χ0) is 13.4. The summed E-state index contributed by atoms with van der Waals surface area (Å²) >= 11 is 5.83. The molecule has 0 atom stereocenters. The van der Waals surface area contributed by atoms with Crippen molar-refractivity contribution in [2.75, 3.05) is 0 Å². The van der Waals surface area contributed by atoms with Crippen LogP contribution in [0, 0.1) is 0 Å². The first kappa shape index (κ1) is 12.4. The quantitative estimate of drug-likeness (QED) is 0.865. The molecule has 0 radical (unpaired) electrons. The molecule has 2 aromatic rings. The van der Waals surface area contributed by atoms with Crippen molar-refractivity contribution < 1.29 is 15.0 Å². The van der Waals surface area contributed by atoms with Crippen LogP contribution < -0.4 is 5.56 Å². The summed E-state index contributed by atoms with van der Waals surface area (Å²) in [6, 6.07) is 4.55. The fourth-order valence-electron chi connectivity index (χ4n) is 1.88. The SMILES string of the molecule is Cn1c(O)c(CC(=O)O)c2cc(Cl)ccc2c1=O. The Balaban J connectivity index is 2.93. The van der Waals surface area contributed by atoms with Gasteiger partial charge >= 0.3 is 5.97 Å². The number of rotatable bonds is 2. The van der Waals surface area contributed by atoms with Gasteiger partial charge in [-0.25, -0.2) is 0 Å². The molecule has 0 fully saturated rings. The molecule has 94 valence electrons. The Hall–Kier alpha value is -2.01. The maximum absolute atomic E-state index is 11.9. The molecule has 0 aliphatic heterocycles. The molecule has 0 aliphatic carbocycles. The van der Waals surface area contributed by atoms with E-state index in [9.17, 15) is 14.7 Å². The van der Waals surface area contributed by atoms with Crippen molar-refractivity contribution >= 4 is 28.3 Å². The summed E-state index contributed by atoms with van der Waals surface area (Å²) in [4.78, 5) is 22.7. The summed E-state index contributed by atoms with van der Waals surface area (Å²) in [6.07, 6.45) is -0.378. The van der Waals surface area contributed by atoms with Crippen LogP contribution >= 0.6 is 11.6 Å². The van der Waals surface area contributed by atoms with Gasteiger partial charge in [-0.1, -0.05) is 11.6 Å². The molecule has 5 nitrogen and oxygen atoms in total. The van der Waals surface area contributed by atoms with Crippen molar-refractivity contribution in [1.82, 2.24) is 4.57 Å². The molecule has 0 saturated heterocycles. The van der Waals surface area contributed by atoms with Gasteiger partial charge in [0, 0.05) is 23.0 Å². The van der Waals surface area contributed by atoms with Crippen LogP contribution in [0.15, 0.2) is 23.0 Å². The highest BCUT2D eigenvalue weighted by Gasteiger charge is 2.16. The average Bonchev–Trinajstić information content (AvgIpc) is 2.31. The minimum atomic E-state index is -1.09. The van der Waals surface area contributed by atoms with E-state index in [1.165, 1.54) is 19.2 Å². The molecule has 0 unspecified atom stereocenters. The lowest BCUT2D eigenvalue weighted by molar-refractivity contribution is -0.136. The fraction of sp³-hybridized carbons (Fsp3) is 0.167. The molecule has 0 aliphatic rings. The smallest absolute Gasteiger partial charge is 0.308 e.